The van der Waals surface area contributed by atoms with Crippen molar-refractivity contribution in [3.63, 3.8) is 0 Å². The van der Waals surface area contributed by atoms with Gasteiger partial charge < -0.3 is 15.5 Å². The third-order valence-electron chi connectivity index (χ3n) is 2.21. The molecule has 0 aliphatic carbocycles. The van der Waals surface area contributed by atoms with Crippen molar-refractivity contribution in [2.24, 2.45) is 5.84 Å². The Morgan fingerprint density at radius 3 is 2.94 bits per heavy atom. The van der Waals surface area contributed by atoms with Crippen LogP contribution >= 0.6 is 0 Å². The van der Waals surface area contributed by atoms with Crippen molar-refractivity contribution < 1.29 is 13.9 Å². The Morgan fingerprint density at radius 1 is 1.53 bits per heavy atom. The van der Waals surface area contributed by atoms with E-state index in [1.54, 1.807) is 7.11 Å². The van der Waals surface area contributed by atoms with Crippen LogP contribution in [0.25, 0.3) is 0 Å². The molecule has 0 atom stereocenters. The van der Waals surface area contributed by atoms with E-state index in [1.165, 1.54) is 18.2 Å². The Labute approximate surface area is 99.1 Å². The van der Waals surface area contributed by atoms with E-state index in [-0.39, 0.29) is 17.2 Å². The summed E-state index contributed by atoms with van der Waals surface area (Å²) in [4.78, 5) is 11.7. The van der Waals surface area contributed by atoms with Crippen LogP contribution in [-0.4, -0.2) is 26.2 Å². The van der Waals surface area contributed by atoms with Crippen LogP contribution in [0.15, 0.2) is 18.2 Å². The van der Waals surface area contributed by atoms with Crippen LogP contribution in [0.3, 0.4) is 0 Å². The molecule has 0 bridgehead atoms. The number of nitrogens with one attached hydrogen (secondary N) is 2. The molecular weight excluding hydrogens is 225 g/mol. The maximum Gasteiger partial charge on any atom is 0.253 e. The van der Waals surface area contributed by atoms with Gasteiger partial charge in [0.15, 0.2) is 0 Å². The molecule has 0 aliphatic rings. The van der Waals surface area contributed by atoms with E-state index in [2.05, 4.69) is 10.7 Å². The number of halogens is 1. The summed E-state index contributed by atoms with van der Waals surface area (Å²) in [5, 5.41) is 2.65. The maximum absolute atomic E-state index is 13.3. The van der Waals surface area contributed by atoms with Gasteiger partial charge in [0.2, 0.25) is 0 Å². The van der Waals surface area contributed by atoms with Crippen molar-refractivity contribution in [2.45, 2.75) is 6.42 Å². The molecule has 4 N–H and O–H groups in total. The summed E-state index contributed by atoms with van der Waals surface area (Å²) < 4.78 is 18.2. The Bertz CT molecular complexity index is 385. The van der Waals surface area contributed by atoms with Crippen LogP contribution in [0, 0.1) is 5.82 Å². The van der Waals surface area contributed by atoms with E-state index in [1.807, 2.05) is 0 Å². The first-order valence-electron chi connectivity index (χ1n) is 5.23. The van der Waals surface area contributed by atoms with Gasteiger partial charge in [-0.25, -0.2) is 4.39 Å². The summed E-state index contributed by atoms with van der Waals surface area (Å²) in [6.45, 7) is 1.03. The third-order valence-corrected chi connectivity index (χ3v) is 2.21. The molecule has 0 unspecified atom stereocenters. The number of anilines is 1. The van der Waals surface area contributed by atoms with Gasteiger partial charge in [0.25, 0.3) is 5.91 Å². The minimum Gasteiger partial charge on any atom is -0.385 e. The van der Waals surface area contributed by atoms with E-state index in [0.717, 1.165) is 0 Å². The topological polar surface area (TPSA) is 76.4 Å². The molecule has 0 aliphatic heterocycles. The van der Waals surface area contributed by atoms with Crippen LogP contribution in [0.4, 0.5) is 10.1 Å². The molecule has 1 rings (SSSR count). The number of ether oxygens (including phenoxy) is 1. The molecule has 1 aromatic carbocycles. The SMILES string of the molecule is COCCCNC(=O)c1cccc(F)c1NN. The fourth-order valence-electron chi connectivity index (χ4n) is 1.37. The van der Waals surface area contributed by atoms with Gasteiger partial charge in [-0.2, -0.15) is 0 Å². The number of amides is 1. The average molecular weight is 241 g/mol. The predicted octanol–water partition coefficient (Wildman–Crippen LogP) is 0.878. The van der Waals surface area contributed by atoms with Gasteiger partial charge in [0.1, 0.15) is 5.82 Å². The fourth-order valence-corrected chi connectivity index (χ4v) is 1.37. The molecule has 6 heteroatoms. The number of methoxy groups -OCH3 is 1. The molecular formula is C11H16FN3O2. The molecule has 17 heavy (non-hydrogen) atoms. The van der Waals surface area contributed by atoms with Crippen LogP contribution in [-0.2, 0) is 4.74 Å². The smallest absolute Gasteiger partial charge is 0.253 e. The number of hydrazine groups is 1. The van der Waals surface area contributed by atoms with Gasteiger partial charge in [0.05, 0.1) is 11.3 Å². The molecule has 0 fully saturated rings. The number of benzene rings is 1. The Morgan fingerprint density at radius 2 is 2.29 bits per heavy atom. The Hall–Kier alpha value is -1.66. The standard InChI is InChI=1S/C11H16FN3O2/c1-17-7-3-6-14-11(16)8-4-2-5-9(12)10(8)15-13/h2,4-5,15H,3,6-7,13H2,1H3,(H,14,16). The van der Waals surface area contributed by atoms with E-state index in [0.29, 0.717) is 19.6 Å². The van der Waals surface area contributed by atoms with Crippen molar-refractivity contribution in [3.8, 4) is 0 Å². The second-order valence-corrected chi connectivity index (χ2v) is 3.41. The molecule has 94 valence electrons. The lowest BCUT2D eigenvalue weighted by molar-refractivity contribution is 0.0949. The van der Waals surface area contributed by atoms with Gasteiger partial charge in [0, 0.05) is 20.3 Å². The van der Waals surface area contributed by atoms with Crippen LogP contribution in [0.1, 0.15) is 16.8 Å². The fraction of sp³-hybridized carbons (Fsp3) is 0.364. The lowest BCUT2D eigenvalue weighted by Gasteiger charge is -2.10. The lowest BCUT2D eigenvalue weighted by Crippen LogP contribution is -2.27. The number of hydrogen-bond acceptors (Lipinski definition) is 4. The highest BCUT2D eigenvalue weighted by Crippen LogP contribution is 2.18. The van der Waals surface area contributed by atoms with Gasteiger partial charge in [-0.05, 0) is 18.6 Å². The van der Waals surface area contributed by atoms with E-state index in [9.17, 15) is 9.18 Å². The number of carbonyl (C=O) groups excluding carboxylic acids is 1. The second-order valence-electron chi connectivity index (χ2n) is 3.41. The zero-order valence-corrected chi connectivity index (χ0v) is 9.63. The van der Waals surface area contributed by atoms with Crippen molar-refractivity contribution in [1.29, 1.82) is 0 Å². The van der Waals surface area contributed by atoms with Gasteiger partial charge in [-0.15, -0.1) is 0 Å². The number of para-hydroxylation sites is 1. The third kappa shape index (κ3) is 3.69. The first-order chi connectivity index (χ1) is 8.20. The van der Waals surface area contributed by atoms with Gasteiger partial charge >= 0.3 is 0 Å². The number of carbonyl (C=O) groups is 1. The normalized spacial score (nSPS) is 10.1. The summed E-state index contributed by atoms with van der Waals surface area (Å²) >= 11 is 0. The Balaban J connectivity index is 2.65. The highest BCUT2D eigenvalue weighted by molar-refractivity contribution is 5.99. The molecule has 0 saturated carbocycles. The van der Waals surface area contributed by atoms with Crippen LogP contribution in [0.2, 0.25) is 0 Å². The molecule has 1 aromatic rings. The van der Waals surface area contributed by atoms with E-state index in [4.69, 9.17) is 10.6 Å². The first-order valence-corrected chi connectivity index (χ1v) is 5.23. The monoisotopic (exact) mass is 241 g/mol. The maximum atomic E-state index is 13.3. The predicted molar refractivity (Wildman–Crippen MR) is 63.0 cm³/mol. The van der Waals surface area contributed by atoms with Crippen LogP contribution in [0.5, 0.6) is 0 Å². The summed E-state index contributed by atoms with van der Waals surface area (Å²) in [6.07, 6.45) is 0.697. The van der Waals surface area contributed by atoms with Crippen LogP contribution < -0.4 is 16.6 Å². The highest BCUT2D eigenvalue weighted by Gasteiger charge is 2.13. The zero-order valence-electron chi connectivity index (χ0n) is 9.63. The van der Waals surface area contributed by atoms with Crippen molar-refractivity contribution in [3.05, 3.63) is 29.6 Å². The van der Waals surface area contributed by atoms with Gasteiger partial charge in [-0.3, -0.25) is 10.6 Å². The van der Waals surface area contributed by atoms with Crippen molar-refractivity contribution >= 4 is 11.6 Å². The van der Waals surface area contributed by atoms with Gasteiger partial charge in [-0.1, -0.05) is 6.07 Å². The number of rotatable bonds is 6. The minimum atomic E-state index is -0.558. The Kier molecular flexibility index (Phi) is 5.38. The first kappa shape index (κ1) is 13.4. The highest BCUT2D eigenvalue weighted by atomic mass is 19.1. The number of nitrogen functional groups attached to an aromatic ring is 1. The quantitative estimate of drug-likeness (QED) is 0.392. The number of nitrogens with two attached hydrogens (primary N) is 1. The molecule has 5 nitrogen and oxygen atoms in total. The van der Waals surface area contributed by atoms with E-state index < -0.39 is 5.82 Å². The van der Waals surface area contributed by atoms with Crippen molar-refractivity contribution in [1.82, 2.24) is 5.32 Å². The average Bonchev–Trinajstić information content (AvgIpc) is 2.34. The largest absolute Gasteiger partial charge is 0.385 e. The van der Waals surface area contributed by atoms with E-state index >= 15 is 0 Å². The molecule has 0 saturated heterocycles. The molecule has 0 aromatic heterocycles. The molecule has 0 radical (unpaired) electrons. The summed E-state index contributed by atoms with van der Waals surface area (Å²) in [6, 6.07) is 4.20. The lowest BCUT2D eigenvalue weighted by atomic mass is 10.1. The number of hydrogen-bond donors (Lipinski definition) is 3. The summed E-state index contributed by atoms with van der Waals surface area (Å²) in [5.74, 6) is 4.25. The second kappa shape index (κ2) is 6.82. The summed E-state index contributed by atoms with van der Waals surface area (Å²) in [7, 11) is 1.59. The molecule has 0 spiro atoms. The summed E-state index contributed by atoms with van der Waals surface area (Å²) in [5.41, 5.74) is 2.37. The zero-order chi connectivity index (χ0) is 12.7. The molecule has 0 heterocycles. The van der Waals surface area contributed by atoms with Crippen molar-refractivity contribution in [2.75, 3.05) is 25.7 Å². The minimum absolute atomic E-state index is 0.00302. The molecule has 1 amide bonds.